The smallest absolute Gasteiger partial charge is 0.0548 e. The lowest BCUT2D eigenvalue weighted by molar-refractivity contribution is 1.27. The van der Waals surface area contributed by atoms with Crippen molar-refractivity contribution in [2.45, 2.75) is 6.42 Å². The lowest BCUT2D eigenvalue weighted by Gasteiger charge is -1.97. The number of halogens is 3. The van der Waals surface area contributed by atoms with Crippen LogP contribution in [0.15, 0.2) is 28.7 Å². The molecule has 13 heavy (non-hydrogen) atoms. The molecule has 0 aliphatic heterocycles. The van der Waals surface area contributed by atoms with E-state index in [1.54, 1.807) is 0 Å². The summed E-state index contributed by atoms with van der Waals surface area (Å²) in [6.45, 7) is 0. The van der Waals surface area contributed by atoms with Crippen molar-refractivity contribution >= 4 is 49.5 Å². The summed E-state index contributed by atoms with van der Waals surface area (Å²) in [6.07, 6.45) is 5.26. The first-order chi connectivity index (χ1) is 6.24. The third-order valence-electron chi connectivity index (χ3n) is 1.53. The summed E-state index contributed by atoms with van der Waals surface area (Å²) in [7, 11) is 0. The molecule has 0 unspecified atom stereocenters. The van der Waals surface area contributed by atoms with E-state index < -0.39 is 0 Å². The molecule has 0 fully saturated rings. The molecule has 0 bridgehead atoms. The first kappa shape index (κ1) is 11.3. The van der Waals surface area contributed by atoms with Crippen molar-refractivity contribution in [2.75, 3.05) is 5.33 Å². The van der Waals surface area contributed by atoms with Crippen LogP contribution in [0, 0.1) is 0 Å². The van der Waals surface area contributed by atoms with E-state index in [0.29, 0.717) is 0 Å². The fraction of sp³-hybridized carbons (Fsp3) is 0.200. The fourth-order valence-electron chi connectivity index (χ4n) is 0.898. The van der Waals surface area contributed by atoms with Crippen LogP contribution in [0.1, 0.15) is 12.0 Å². The minimum Gasteiger partial charge on any atom is -0.0925 e. The maximum atomic E-state index is 5.86. The molecule has 1 aromatic carbocycles. The Hall–Kier alpha value is 0.210. The van der Waals surface area contributed by atoms with Crippen LogP contribution in [0.25, 0.3) is 6.08 Å². The number of alkyl halides is 1. The number of hydrogen-bond acceptors (Lipinski definition) is 0. The highest BCUT2D eigenvalue weighted by atomic mass is 79.9. The second-order valence-electron chi connectivity index (χ2n) is 2.55. The van der Waals surface area contributed by atoms with Gasteiger partial charge in [0.1, 0.15) is 0 Å². The zero-order valence-electron chi connectivity index (χ0n) is 6.93. The van der Waals surface area contributed by atoms with E-state index in [1.165, 1.54) is 0 Å². The molecule has 0 atom stereocenters. The molecule has 70 valence electrons. The molecule has 3 heteroatoms. The predicted octanol–water partition coefficient (Wildman–Crippen LogP) is 4.90. The maximum absolute atomic E-state index is 5.86. The van der Waals surface area contributed by atoms with Gasteiger partial charge in [-0.25, -0.2) is 0 Å². The zero-order valence-corrected chi connectivity index (χ0v) is 10.9. The van der Waals surface area contributed by atoms with Gasteiger partial charge in [0.05, 0.1) is 5.02 Å². The molecular weight excluding hydrogens is 315 g/mol. The molecule has 0 saturated heterocycles. The monoisotopic (exact) mass is 322 g/mol. The highest BCUT2D eigenvalue weighted by Gasteiger charge is 1.95. The highest BCUT2D eigenvalue weighted by molar-refractivity contribution is 9.10. The van der Waals surface area contributed by atoms with E-state index in [4.69, 9.17) is 11.6 Å². The molecule has 0 N–H and O–H groups in total. The summed E-state index contributed by atoms with van der Waals surface area (Å²) in [5.74, 6) is 0. The first-order valence-electron chi connectivity index (χ1n) is 3.91. The summed E-state index contributed by atoms with van der Waals surface area (Å²) < 4.78 is 0.940. The van der Waals surface area contributed by atoms with Gasteiger partial charge in [0.25, 0.3) is 0 Å². The summed E-state index contributed by atoms with van der Waals surface area (Å²) in [6, 6.07) is 5.89. The van der Waals surface area contributed by atoms with Gasteiger partial charge < -0.3 is 0 Å². The van der Waals surface area contributed by atoms with E-state index in [0.717, 1.165) is 26.8 Å². The third kappa shape index (κ3) is 3.84. The van der Waals surface area contributed by atoms with E-state index in [2.05, 4.69) is 44.0 Å². The maximum Gasteiger partial charge on any atom is 0.0548 e. The second-order valence-corrected chi connectivity index (χ2v) is 4.61. The van der Waals surface area contributed by atoms with Gasteiger partial charge in [-0.15, -0.1) is 0 Å². The van der Waals surface area contributed by atoms with Crippen molar-refractivity contribution in [1.82, 2.24) is 0 Å². The Morgan fingerprint density at radius 2 is 2.15 bits per heavy atom. The third-order valence-corrected chi connectivity index (χ3v) is 3.20. The molecule has 0 aliphatic rings. The molecule has 0 spiro atoms. The largest absolute Gasteiger partial charge is 0.0925 e. The molecule has 0 radical (unpaired) electrons. The number of hydrogen-bond donors (Lipinski definition) is 0. The molecule has 1 aromatic rings. The summed E-state index contributed by atoms with van der Waals surface area (Å²) in [4.78, 5) is 0. The van der Waals surface area contributed by atoms with Crippen LogP contribution in [0.4, 0.5) is 0 Å². The van der Waals surface area contributed by atoms with Crippen LogP contribution < -0.4 is 0 Å². The molecule has 1 rings (SSSR count). The van der Waals surface area contributed by atoms with E-state index in [9.17, 15) is 0 Å². The van der Waals surface area contributed by atoms with Gasteiger partial charge in [-0.2, -0.15) is 0 Å². The molecule has 0 amide bonds. The van der Waals surface area contributed by atoms with Gasteiger partial charge in [-0.05, 0) is 40.0 Å². The second kappa shape index (κ2) is 5.84. The van der Waals surface area contributed by atoms with Gasteiger partial charge >= 0.3 is 0 Å². The Balaban J connectivity index is 2.73. The van der Waals surface area contributed by atoms with Crippen molar-refractivity contribution in [1.29, 1.82) is 0 Å². The molecule has 0 heterocycles. The summed E-state index contributed by atoms with van der Waals surface area (Å²) >= 11 is 12.6. The van der Waals surface area contributed by atoms with Crippen molar-refractivity contribution in [2.24, 2.45) is 0 Å². The van der Waals surface area contributed by atoms with Gasteiger partial charge in [0, 0.05) is 9.80 Å². The summed E-state index contributed by atoms with van der Waals surface area (Å²) in [5, 5.41) is 1.75. The average Bonchev–Trinajstić information content (AvgIpc) is 2.12. The SMILES string of the molecule is Clc1ccc(C=CCCBr)cc1Br. The normalized spacial score (nSPS) is 11.0. The lowest BCUT2D eigenvalue weighted by atomic mass is 10.2. The van der Waals surface area contributed by atoms with Crippen molar-refractivity contribution < 1.29 is 0 Å². The Morgan fingerprint density at radius 3 is 2.77 bits per heavy atom. The first-order valence-corrected chi connectivity index (χ1v) is 6.21. The number of rotatable bonds is 3. The van der Waals surface area contributed by atoms with Crippen LogP contribution in [0.2, 0.25) is 5.02 Å². The quantitative estimate of drug-likeness (QED) is 0.694. The lowest BCUT2D eigenvalue weighted by Crippen LogP contribution is -1.74. The van der Waals surface area contributed by atoms with Crippen LogP contribution >= 0.6 is 43.5 Å². The topological polar surface area (TPSA) is 0 Å². The summed E-state index contributed by atoms with van der Waals surface area (Å²) in [5.41, 5.74) is 1.16. The van der Waals surface area contributed by atoms with E-state index >= 15 is 0 Å². The van der Waals surface area contributed by atoms with Crippen LogP contribution in [-0.2, 0) is 0 Å². The van der Waals surface area contributed by atoms with Gasteiger partial charge in [-0.3, -0.25) is 0 Å². The van der Waals surface area contributed by atoms with Crippen LogP contribution in [-0.4, -0.2) is 5.33 Å². The number of allylic oxidation sites excluding steroid dienone is 1. The molecular formula is C10H9Br2Cl. The Morgan fingerprint density at radius 1 is 1.38 bits per heavy atom. The molecule has 0 saturated carbocycles. The minimum atomic E-state index is 0.748. The van der Waals surface area contributed by atoms with Gasteiger partial charge in [-0.1, -0.05) is 45.7 Å². The van der Waals surface area contributed by atoms with Crippen LogP contribution in [0.3, 0.4) is 0 Å². The van der Waals surface area contributed by atoms with Gasteiger partial charge in [0.2, 0.25) is 0 Å². The molecule has 0 aliphatic carbocycles. The number of benzene rings is 1. The van der Waals surface area contributed by atoms with Crippen molar-refractivity contribution in [3.8, 4) is 0 Å². The van der Waals surface area contributed by atoms with E-state index in [1.807, 2.05) is 18.2 Å². The average molecular weight is 324 g/mol. The molecule has 0 aromatic heterocycles. The fourth-order valence-corrected chi connectivity index (χ4v) is 1.68. The predicted molar refractivity (Wildman–Crippen MR) is 66.6 cm³/mol. The van der Waals surface area contributed by atoms with Crippen molar-refractivity contribution in [3.05, 3.63) is 39.3 Å². The molecule has 0 nitrogen and oxygen atoms in total. The Kier molecular flexibility index (Phi) is 5.07. The Labute approximate surface area is 100 Å². The minimum absolute atomic E-state index is 0.748. The zero-order chi connectivity index (χ0) is 9.68. The Bertz CT molecular complexity index is 308. The van der Waals surface area contributed by atoms with Gasteiger partial charge in [0.15, 0.2) is 0 Å². The standard InChI is InChI=1S/C10H9Br2Cl/c11-6-2-1-3-8-4-5-10(13)9(12)7-8/h1,3-5,7H,2,6H2. The highest BCUT2D eigenvalue weighted by Crippen LogP contribution is 2.23. The van der Waals surface area contributed by atoms with Crippen LogP contribution in [0.5, 0.6) is 0 Å². The van der Waals surface area contributed by atoms with Crippen molar-refractivity contribution in [3.63, 3.8) is 0 Å². The van der Waals surface area contributed by atoms with E-state index in [-0.39, 0.29) is 0 Å².